The van der Waals surface area contributed by atoms with Crippen LogP contribution in [-0.4, -0.2) is 37.7 Å². The van der Waals surface area contributed by atoms with Gasteiger partial charge in [-0.15, -0.1) is 11.3 Å². The van der Waals surface area contributed by atoms with Crippen LogP contribution in [0.4, 0.5) is 0 Å². The van der Waals surface area contributed by atoms with Gasteiger partial charge in [-0.25, -0.2) is 4.98 Å². The average Bonchev–Trinajstić information content (AvgIpc) is 2.90. The molecule has 0 aliphatic rings. The maximum absolute atomic E-state index is 5.55. The molecule has 0 fully saturated rings. The van der Waals surface area contributed by atoms with Crippen LogP contribution in [0.15, 0.2) is 10.4 Å². The number of methoxy groups -OCH3 is 1. The van der Waals surface area contributed by atoms with Gasteiger partial charge in [0, 0.05) is 26.1 Å². The number of thiazole rings is 1. The highest BCUT2D eigenvalue weighted by Gasteiger charge is 2.24. The molecule has 0 saturated heterocycles. The number of aromatic nitrogens is 1. The Kier molecular flexibility index (Phi) is 7.29. The van der Waals surface area contributed by atoms with Crippen molar-refractivity contribution in [1.29, 1.82) is 0 Å². The van der Waals surface area contributed by atoms with Crippen molar-refractivity contribution in [3.05, 3.63) is 16.1 Å². The monoisotopic (exact) mass is 326 g/mol. The quantitative estimate of drug-likeness (QED) is 0.623. The van der Waals surface area contributed by atoms with E-state index >= 15 is 0 Å². The summed E-state index contributed by atoms with van der Waals surface area (Å²) in [7, 11) is 3.52. The molecular weight excluding hydrogens is 296 g/mol. The van der Waals surface area contributed by atoms with Crippen LogP contribution in [0.2, 0.25) is 0 Å². The Hall–Kier alpha value is -1.14. The highest BCUT2D eigenvalue weighted by Crippen LogP contribution is 2.21. The van der Waals surface area contributed by atoms with Crippen molar-refractivity contribution < 1.29 is 4.74 Å². The Morgan fingerprint density at radius 2 is 2.05 bits per heavy atom. The summed E-state index contributed by atoms with van der Waals surface area (Å²) in [5.41, 5.74) is 1.24. The lowest BCUT2D eigenvalue weighted by Gasteiger charge is -2.30. The Morgan fingerprint density at radius 3 is 2.50 bits per heavy atom. The fourth-order valence-corrected chi connectivity index (χ4v) is 2.88. The highest BCUT2D eigenvalue weighted by molar-refractivity contribution is 7.09. The van der Waals surface area contributed by atoms with Gasteiger partial charge in [-0.3, -0.25) is 4.99 Å². The Bertz CT molecular complexity index is 477. The van der Waals surface area contributed by atoms with E-state index in [-0.39, 0.29) is 11.5 Å². The molecule has 1 heterocycles. The lowest BCUT2D eigenvalue weighted by molar-refractivity contribution is 0.0205. The van der Waals surface area contributed by atoms with Crippen LogP contribution in [0.3, 0.4) is 0 Å². The summed E-state index contributed by atoms with van der Waals surface area (Å²) >= 11 is 1.68. The Labute approximate surface area is 138 Å². The number of ether oxygens (including phenoxy) is 1. The minimum Gasteiger partial charge on any atom is -0.379 e. The fourth-order valence-electron chi connectivity index (χ4n) is 1.98. The molecule has 0 aromatic carbocycles. The van der Waals surface area contributed by atoms with Gasteiger partial charge in [0.05, 0.1) is 18.3 Å². The number of hydrogen-bond donors (Lipinski definition) is 2. The second-order valence-corrected chi connectivity index (χ2v) is 7.66. The Morgan fingerprint density at radius 1 is 1.36 bits per heavy atom. The molecule has 0 spiro atoms. The van der Waals surface area contributed by atoms with Gasteiger partial charge in [0.1, 0.15) is 5.01 Å². The molecule has 0 aliphatic carbocycles. The minimum absolute atomic E-state index is 0.0854. The molecule has 1 aromatic rings. The number of nitrogens with zero attached hydrogens (tertiary/aromatic N) is 2. The van der Waals surface area contributed by atoms with Crippen LogP contribution in [0.5, 0.6) is 0 Å². The van der Waals surface area contributed by atoms with Crippen LogP contribution >= 0.6 is 11.3 Å². The molecule has 0 saturated carbocycles. The molecule has 2 N–H and O–H groups in total. The van der Waals surface area contributed by atoms with E-state index in [1.165, 1.54) is 0 Å². The van der Waals surface area contributed by atoms with Crippen molar-refractivity contribution in [3.63, 3.8) is 0 Å². The second kappa shape index (κ2) is 8.48. The second-order valence-electron chi connectivity index (χ2n) is 6.72. The first kappa shape index (κ1) is 18.9. The summed E-state index contributed by atoms with van der Waals surface area (Å²) in [6.45, 7) is 12.2. The fraction of sp³-hybridized carbons (Fsp3) is 0.750. The Balaban J connectivity index is 2.48. The van der Waals surface area contributed by atoms with Crippen LogP contribution in [0.25, 0.3) is 0 Å². The van der Waals surface area contributed by atoms with Gasteiger partial charge in [0.15, 0.2) is 5.96 Å². The normalized spacial score (nSPS) is 14.3. The van der Waals surface area contributed by atoms with E-state index in [0.717, 1.165) is 23.2 Å². The van der Waals surface area contributed by atoms with Crippen LogP contribution in [-0.2, 0) is 11.3 Å². The molecule has 1 unspecified atom stereocenters. The molecular formula is C16H30N4OS. The van der Waals surface area contributed by atoms with Crippen molar-refractivity contribution in [2.75, 3.05) is 20.7 Å². The van der Waals surface area contributed by atoms with Crippen molar-refractivity contribution in [3.8, 4) is 0 Å². The van der Waals surface area contributed by atoms with Crippen molar-refractivity contribution in [2.45, 2.75) is 53.2 Å². The molecule has 1 aromatic heterocycles. The highest BCUT2D eigenvalue weighted by atomic mass is 32.1. The van der Waals surface area contributed by atoms with Gasteiger partial charge in [-0.2, -0.15) is 0 Å². The molecule has 0 bridgehead atoms. The van der Waals surface area contributed by atoms with E-state index in [9.17, 15) is 0 Å². The first-order chi connectivity index (χ1) is 10.3. The third kappa shape index (κ3) is 5.93. The summed E-state index contributed by atoms with van der Waals surface area (Å²) in [6.07, 6.45) is 0.124. The lowest BCUT2D eigenvalue weighted by Crippen LogP contribution is -2.45. The summed E-state index contributed by atoms with van der Waals surface area (Å²) in [5, 5.41) is 9.82. The van der Waals surface area contributed by atoms with Gasteiger partial charge >= 0.3 is 0 Å². The van der Waals surface area contributed by atoms with Crippen LogP contribution in [0, 0.1) is 5.41 Å². The van der Waals surface area contributed by atoms with E-state index < -0.39 is 0 Å². The molecule has 1 rings (SSSR count). The predicted molar refractivity (Wildman–Crippen MR) is 94.7 cm³/mol. The SMILES string of the molecule is CN=C(NCc1nc(C(C)C)cs1)NCC(OC)C(C)(C)C. The van der Waals surface area contributed by atoms with E-state index in [1.54, 1.807) is 25.5 Å². The van der Waals surface area contributed by atoms with E-state index in [4.69, 9.17) is 4.74 Å². The standard InChI is InChI=1S/C16H30N4OS/c1-11(2)12-10-22-14(20-12)9-19-15(17-6)18-8-13(21-7)16(3,4)5/h10-11,13H,8-9H2,1-7H3,(H2,17,18,19). The summed E-state index contributed by atoms with van der Waals surface area (Å²) < 4.78 is 5.55. The van der Waals surface area contributed by atoms with Crippen molar-refractivity contribution in [1.82, 2.24) is 15.6 Å². The summed E-state index contributed by atoms with van der Waals surface area (Å²) in [6, 6.07) is 0. The molecule has 1 atom stereocenters. The number of nitrogens with one attached hydrogen (secondary N) is 2. The molecule has 0 radical (unpaired) electrons. The largest absolute Gasteiger partial charge is 0.379 e. The van der Waals surface area contributed by atoms with Gasteiger partial charge in [-0.05, 0) is 11.3 Å². The van der Waals surface area contributed by atoms with E-state index in [2.05, 4.69) is 60.6 Å². The van der Waals surface area contributed by atoms with Crippen LogP contribution < -0.4 is 10.6 Å². The third-order valence-corrected chi connectivity index (χ3v) is 4.36. The molecule has 5 nitrogen and oxygen atoms in total. The number of rotatable bonds is 6. The zero-order chi connectivity index (χ0) is 16.8. The summed E-state index contributed by atoms with van der Waals surface area (Å²) in [4.78, 5) is 8.86. The van der Waals surface area contributed by atoms with Crippen molar-refractivity contribution in [2.24, 2.45) is 10.4 Å². The molecule has 0 aliphatic heterocycles. The zero-order valence-corrected chi connectivity index (χ0v) is 15.7. The average molecular weight is 327 g/mol. The van der Waals surface area contributed by atoms with Crippen LogP contribution in [0.1, 0.15) is 51.2 Å². The first-order valence-corrected chi connectivity index (χ1v) is 8.57. The van der Waals surface area contributed by atoms with Gasteiger partial charge < -0.3 is 15.4 Å². The zero-order valence-electron chi connectivity index (χ0n) is 14.9. The molecule has 22 heavy (non-hydrogen) atoms. The third-order valence-electron chi connectivity index (χ3n) is 3.50. The minimum atomic E-state index is 0.0854. The van der Waals surface area contributed by atoms with Gasteiger partial charge in [0.25, 0.3) is 0 Å². The molecule has 6 heteroatoms. The lowest BCUT2D eigenvalue weighted by atomic mass is 9.89. The number of aliphatic imine (C=N–C) groups is 1. The van der Waals surface area contributed by atoms with E-state index in [1.807, 2.05) is 0 Å². The van der Waals surface area contributed by atoms with E-state index in [0.29, 0.717) is 12.5 Å². The summed E-state index contributed by atoms with van der Waals surface area (Å²) in [5.74, 6) is 1.24. The number of guanidine groups is 1. The molecule has 0 amide bonds. The maximum atomic E-state index is 5.55. The number of hydrogen-bond acceptors (Lipinski definition) is 4. The maximum Gasteiger partial charge on any atom is 0.191 e. The van der Waals surface area contributed by atoms with Gasteiger partial charge in [-0.1, -0.05) is 34.6 Å². The molecule has 126 valence electrons. The smallest absolute Gasteiger partial charge is 0.191 e. The predicted octanol–water partition coefficient (Wildman–Crippen LogP) is 2.99. The van der Waals surface area contributed by atoms with Gasteiger partial charge in [0.2, 0.25) is 0 Å². The van der Waals surface area contributed by atoms with Crippen molar-refractivity contribution >= 4 is 17.3 Å². The first-order valence-electron chi connectivity index (χ1n) is 7.69. The topological polar surface area (TPSA) is 58.5 Å².